The van der Waals surface area contributed by atoms with E-state index in [2.05, 4.69) is 5.32 Å². The number of nitrogens with two attached hydrogens (primary N) is 1. The van der Waals surface area contributed by atoms with Crippen LogP contribution in [0.4, 0.5) is 10.1 Å². The standard InChI is InChI=1S/C19H23FN2O2/c1-3-10-19(2,21)18(23)22-16-8-4-6-14(11-16)13-24-17-9-5-7-15(20)12-17/h4-9,11-12H,3,10,13,21H2,1-2H3,(H,22,23). The van der Waals surface area contributed by atoms with Gasteiger partial charge in [-0.25, -0.2) is 4.39 Å². The Morgan fingerprint density at radius 2 is 2.00 bits per heavy atom. The van der Waals surface area contributed by atoms with Gasteiger partial charge in [0, 0.05) is 11.8 Å². The average molecular weight is 330 g/mol. The van der Waals surface area contributed by atoms with Gasteiger partial charge in [-0.1, -0.05) is 31.5 Å². The Hall–Kier alpha value is -2.40. The number of anilines is 1. The quantitative estimate of drug-likeness (QED) is 0.810. The fourth-order valence-electron chi connectivity index (χ4n) is 2.37. The first-order valence-electron chi connectivity index (χ1n) is 7.98. The van der Waals surface area contributed by atoms with Gasteiger partial charge in [-0.05, 0) is 43.2 Å². The molecule has 0 aromatic heterocycles. The van der Waals surface area contributed by atoms with Crippen LogP contribution in [0.1, 0.15) is 32.3 Å². The van der Waals surface area contributed by atoms with Crippen molar-refractivity contribution < 1.29 is 13.9 Å². The second-order valence-corrected chi connectivity index (χ2v) is 6.07. The van der Waals surface area contributed by atoms with Crippen molar-refractivity contribution in [1.82, 2.24) is 0 Å². The molecule has 2 aromatic carbocycles. The number of carbonyl (C=O) groups is 1. The molecule has 128 valence electrons. The second-order valence-electron chi connectivity index (χ2n) is 6.07. The fraction of sp³-hybridized carbons (Fsp3) is 0.316. The van der Waals surface area contributed by atoms with Crippen LogP contribution in [0.5, 0.6) is 5.75 Å². The van der Waals surface area contributed by atoms with E-state index in [1.807, 2.05) is 25.1 Å². The molecule has 2 aromatic rings. The maximum absolute atomic E-state index is 13.1. The zero-order chi connectivity index (χ0) is 17.6. The van der Waals surface area contributed by atoms with Crippen molar-refractivity contribution in [2.75, 3.05) is 5.32 Å². The number of ether oxygens (including phenoxy) is 1. The maximum atomic E-state index is 13.1. The third-order valence-electron chi connectivity index (χ3n) is 3.67. The predicted molar refractivity (Wildman–Crippen MR) is 93.3 cm³/mol. The molecule has 0 saturated heterocycles. The molecule has 1 amide bonds. The Bertz CT molecular complexity index is 701. The van der Waals surface area contributed by atoms with Gasteiger partial charge in [0.15, 0.2) is 0 Å². The number of hydrogen-bond acceptors (Lipinski definition) is 3. The van der Waals surface area contributed by atoms with E-state index in [9.17, 15) is 9.18 Å². The van der Waals surface area contributed by atoms with Gasteiger partial charge >= 0.3 is 0 Å². The van der Waals surface area contributed by atoms with E-state index in [0.717, 1.165) is 12.0 Å². The second kappa shape index (κ2) is 7.93. The normalized spacial score (nSPS) is 13.2. The van der Waals surface area contributed by atoms with Crippen molar-refractivity contribution in [2.24, 2.45) is 5.73 Å². The molecule has 0 spiro atoms. The molecule has 5 heteroatoms. The Kier molecular flexibility index (Phi) is 5.93. The summed E-state index contributed by atoms with van der Waals surface area (Å²) < 4.78 is 18.7. The van der Waals surface area contributed by atoms with Crippen molar-refractivity contribution in [1.29, 1.82) is 0 Å². The van der Waals surface area contributed by atoms with Crippen molar-refractivity contribution in [3.05, 3.63) is 59.9 Å². The van der Waals surface area contributed by atoms with Gasteiger partial charge < -0.3 is 15.8 Å². The molecule has 0 aliphatic carbocycles. The van der Waals surface area contributed by atoms with E-state index in [-0.39, 0.29) is 18.3 Å². The molecule has 0 radical (unpaired) electrons. The molecule has 24 heavy (non-hydrogen) atoms. The molecule has 0 aliphatic rings. The van der Waals surface area contributed by atoms with Crippen LogP contribution >= 0.6 is 0 Å². The first-order chi connectivity index (χ1) is 11.4. The molecule has 4 nitrogen and oxygen atoms in total. The molecule has 1 atom stereocenters. The third-order valence-corrected chi connectivity index (χ3v) is 3.67. The van der Waals surface area contributed by atoms with Gasteiger partial charge in [-0.2, -0.15) is 0 Å². The molecular weight excluding hydrogens is 307 g/mol. The molecule has 0 bridgehead atoms. The largest absolute Gasteiger partial charge is 0.489 e. The van der Waals surface area contributed by atoms with Crippen LogP contribution in [0.2, 0.25) is 0 Å². The smallest absolute Gasteiger partial charge is 0.244 e. The minimum absolute atomic E-state index is 0.215. The molecule has 3 N–H and O–H groups in total. The Morgan fingerprint density at radius 1 is 1.25 bits per heavy atom. The number of nitrogens with one attached hydrogen (secondary N) is 1. The summed E-state index contributed by atoms with van der Waals surface area (Å²) >= 11 is 0. The molecule has 0 heterocycles. The van der Waals surface area contributed by atoms with E-state index < -0.39 is 5.54 Å². The lowest BCUT2D eigenvalue weighted by Gasteiger charge is -2.23. The Morgan fingerprint density at radius 3 is 2.71 bits per heavy atom. The van der Waals surface area contributed by atoms with Crippen molar-refractivity contribution >= 4 is 11.6 Å². The van der Waals surface area contributed by atoms with Gasteiger partial charge in [-0.15, -0.1) is 0 Å². The zero-order valence-corrected chi connectivity index (χ0v) is 14.0. The number of amides is 1. The van der Waals surface area contributed by atoms with Gasteiger partial charge in [-0.3, -0.25) is 4.79 Å². The van der Waals surface area contributed by atoms with Crippen LogP contribution in [-0.2, 0) is 11.4 Å². The van der Waals surface area contributed by atoms with E-state index >= 15 is 0 Å². The highest BCUT2D eigenvalue weighted by Gasteiger charge is 2.27. The van der Waals surface area contributed by atoms with Gasteiger partial charge in [0.1, 0.15) is 18.2 Å². The number of halogens is 1. The molecular formula is C19H23FN2O2. The van der Waals surface area contributed by atoms with Crippen LogP contribution < -0.4 is 15.8 Å². The number of carbonyl (C=O) groups excluding carboxylic acids is 1. The SMILES string of the molecule is CCCC(C)(N)C(=O)Nc1cccc(COc2cccc(F)c2)c1. The van der Waals surface area contributed by atoms with Crippen LogP contribution in [0, 0.1) is 5.82 Å². The predicted octanol–water partition coefficient (Wildman–Crippen LogP) is 3.86. The minimum Gasteiger partial charge on any atom is -0.489 e. The zero-order valence-electron chi connectivity index (χ0n) is 14.0. The van der Waals surface area contributed by atoms with Gasteiger partial charge in [0.25, 0.3) is 0 Å². The monoisotopic (exact) mass is 330 g/mol. The summed E-state index contributed by atoms with van der Waals surface area (Å²) in [6, 6.07) is 13.3. The number of benzene rings is 2. The molecule has 0 fully saturated rings. The summed E-state index contributed by atoms with van der Waals surface area (Å²) in [5.41, 5.74) is 6.66. The lowest BCUT2D eigenvalue weighted by Crippen LogP contribution is -2.48. The Balaban J connectivity index is 2.00. The summed E-state index contributed by atoms with van der Waals surface area (Å²) in [7, 11) is 0. The fourth-order valence-corrected chi connectivity index (χ4v) is 2.37. The molecule has 0 saturated carbocycles. The van der Waals surface area contributed by atoms with E-state index in [1.165, 1.54) is 12.1 Å². The lowest BCUT2D eigenvalue weighted by atomic mass is 9.96. The van der Waals surface area contributed by atoms with Crippen LogP contribution in [0.25, 0.3) is 0 Å². The summed E-state index contributed by atoms with van der Waals surface area (Å²) in [5.74, 6) is -0.0962. The Labute approximate surface area is 141 Å². The van der Waals surface area contributed by atoms with E-state index in [1.54, 1.807) is 25.1 Å². The summed E-state index contributed by atoms with van der Waals surface area (Å²) in [6.07, 6.45) is 1.45. The van der Waals surface area contributed by atoms with E-state index in [0.29, 0.717) is 17.9 Å². The lowest BCUT2D eigenvalue weighted by molar-refractivity contribution is -0.120. The van der Waals surface area contributed by atoms with Crippen LogP contribution in [-0.4, -0.2) is 11.4 Å². The molecule has 0 aliphatic heterocycles. The van der Waals surface area contributed by atoms with Crippen molar-refractivity contribution in [2.45, 2.75) is 38.8 Å². The summed E-state index contributed by atoms with van der Waals surface area (Å²) in [4.78, 5) is 12.2. The summed E-state index contributed by atoms with van der Waals surface area (Å²) in [5, 5.41) is 2.84. The van der Waals surface area contributed by atoms with Crippen molar-refractivity contribution in [3.8, 4) is 5.75 Å². The number of hydrogen-bond donors (Lipinski definition) is 2. The highest BCUT2D eigenvalue weighted by molar-refractivity contribution is 5.97. The highest BCUT2D eigenvalue weighted by atomic mass is 19.1. The highest BCUT2D eigenvalue weighted by Crippen LogP contribution is 2.18. The molecule has 2 rings (SSSR count). The van der Waals surface area contributed by atoms with Gasteiger partial charge in [0.05, 0.1) is 5.54 Å². The average Bonchev–Trinajstić information content (AvgIpc) is 2.53. The van der Waals surface area contributed by atoms with Gasteiger partial charge in [0.2, 0.25) is 5.91 Å². The maximum Gasteiger partial charge on any atom is 0.244 e. The first-order valence-corrected chi connectivity index (χ1v) is 7.98. The van der Waals surface area contributed by atoms with Crippen LogP contribution in [0.15, 0.2) is 48.5 Å². The first kappa shape index (κ1) is 17.9. The summed E-state index contributed by atoms with van der Waals surface area (Å²) in [6.45, 7) is 3.99. The molecule has 1 unspecified atom stereocenters. The third kappa shape index (κ3) is 5.06. The number of rotatable bonds is 7. The topological polar surface area (TPSA) is 64.4 Å². The minimum atomic E-state index is -0.900. The van der Waals surface area contributed by atoms with Crippen LogP contribution in [0.3, 0.4) is 0 Å². The van der Waals surface area contributed by atoms with E-state index in [4.69, 9.17) is 10.5 Å². The van der Waals surface area contributed by atoms with Crippen molar-refractivity contribution in [3.63, 3.8) is 0 Å².